The van der Waals surface area contributed by atoms with Gasteiger partial charge < -0.3 is 9.52 Å². The molecule has 2 aromatic heterocycles. The minimum Gasteiger partial charge on any atom is -0.502 e. The Morgan fingerprint density at radius 3 is 3.06 bits per heavy atom. The normalized spacial score (nSPS) is 12.5. The summed E-state index contributed by atoms with van der Waals surface area (Å²) in [6.07, 6.45) is 1.09. The van der Waals surface area contributed by atoms with Gasteiger partial charge in [0.25, 0.3) is 0 Å². The molecule has 0 amide bonds. The quantitative estimate of drug-likeness (QED) is 0.923. The van der Waals surface area contributed by atoms with Crippen molar-refractivity contribution in [2.75, 3.05) is 0 Å². The summed E-state index contributed by atoms with van der Waals surface area (Å²) in [5, 5.41) is 11.5. The van der Waals surface area contributed by atoms with E-state index in [-0.39, 0.29) is 5.75 Å². The summed E-state index contributed by atoms with van der Waals surface area (Å²) < 4.78 is 5.14. The van der Waals surface area contributed by atoms with E-state index in [4.69, 9.17) is 9.52 Å². The Hall–Kier alpha value is -1.20. The molecule has 0 aromatic carbocycles. The maximum absolute atomic E-state index is 11.2. The highest BCUT2D eigenvalue weighted by Gasteiger charge is 2.09. The van der Waals surface area contributed by atoms with Gasteiger partial charge in [-0.3, -0.25) is 4.79 Å². The van der Waals surface area contributed by atoms with Crippen LogP contribution in [0.25, 0.3) is 0 Å². The molecule has 5 heteroatoms. The van der Waals surface area contributed by atoms with E-state index in [0.29, 0.717) is 16.8 Å². The van der Waals surface area contributed by atoms with Gasteiger partial charge in [0.05, 0.1) is 5.75 Å². The number of hydrogen-bond donors (Lipinski definition) is 1. The Morgan fingerprint density at radius 1 is 1.59 bits per heavy atom. The van der Waals surface area contributed by atoms with E-state index >= 15 is 0 Å². The molecule has 0 bridgehead atoms. The van der Waals surface area contributed by atoms with Crippen molar-refractivity contribution in [1.82, 2.24) is 0 Å². The predicted octanol–water partition coefficient (Wildman–Crippen LogP) is 3.40. The lowest BCUT2D eigenvalue weighted by Gasteiger charge is -2.08. The van der Waals surface area contributed by atoms with Crippen molar-refractivity contribution in [3.05, 3.63) is 50.7 Å². The van der Waals surface area contributed by atoms with Crippen LogP contribution in [0.1, 0.15) is 22.8 Å². The van der Waals surface area contributed by atoms with Crippen molar-refractivity contribution in [3.8, 4) is 5.75 Å². The van der Waals surface area contributed by atoms with Crippen molar-refractivity contribution in [3.63, 3.8) is 0 Å². The highest BCUT2D eigenvalue weighted by Crippen LogP contribution is 2.33. The third-order valence-corrected chi connectivity index (χ3v) is 4.70. The highest BCUT2D eigenvalue weighted by molar-refractivity contribution is 7.98. The van der Waals surface area contributed by atoms with Crippen molar-refractivity contribution in [2.45, 2.75) is 17.9 Å². The topological polar surface area (TPSA) is 50.4 Å². The van der Waals surface area contributed by atoms with Gasteiger partial charge in [0.2, 0.25) is 5.43 Å². The van der Waals surface area contributed by atoms with Crippen LogP contribution in [0.15, 0.2) is 39.1 Å². The van der Waals surface area contributed by atoms with Gasteiger partial charge in [-0.1, -0.05) is 6.07 Å². The van der Waals surface area contributed by atoms with Crippen molar-refractivity contribution < 1.29 is 9.52 Å². The molecule has 2 rings (SSSR count). The SMILES string of the molecule is CC(SCc1cc(=O)c(O)co1)c1cccs1. The first-order chi connectivity index (χ1) is 8.16. The molecule has 1 unspecified atom stereocenters. The lowest BCUT2D eigenvalue weighted by molar-refractivity contribution is 0.419. The fraction of sp³-hybridized carbons (Fsp3) is 0.250. The number of hydrogen-bond acceptors (Lipinski definition) is 5. The summed E-state index contributed by atoms with van der Waals surface area (Å²) in [6.45, 7) is 2.12. The average Bonchev–Trinajstić information content (AvgIpc) is 2.84. The summed E-state index contributed by atoms with van der Waals surface area (Å²) in [7, 11) is 0. The lowest BCUT2D eigenvalue weighted by atomic mass is 10.4. The summed E-state index contributed by atoms with van der Waals surface area (Å²) in [4.78, 5) is 12.5. The van der Waals surface area contributed by atoms with Crippen LogP contribution in [-0.2, 0) is 5.75 Å². The zero-order chi connectivity index (χ0) is 12.3. The first kappa shape index (κ1) is 12.3. The van der Waals surface area contributed by atoms with Crippen LogP contribution in [0.4, 0.5) is 0 Å². The van der Waals surface area contributed by atoms with Gasteiger partial charge >= 0.3 is 0 Å². The Labute approximate surface area is 107 Å². The first-order valence-corrected chi connectivity index (χ1v) is 7.05. The molecular weight excluding hydrogens is 256 g/mol. The van der Waals surface area contributed by atoms with Gasteiger partial charge in [0.1, 0.15) is 12.0 Å². The molecule has 90 valence electrons. The zero-order valence-corrected chi connectivity index (χ0v) is 10.9. The Kier molecular flexibility index (Phi) is 3.91. The molecule has 0 spiro atoms. The van der Waals surface area contributed by atoms with Crippen LogP contribution in [0, 0.1) is 0 Å². The van der Waals surface area contributed by atoms with Gasteiger partial charge in [0.15, 0.2) is 5.75 Å². The second-order valence-corrected chi connectivity index (χ2v) is 5.87. The molecule has 17 heavy (non-hydrogen) atoms. The Morgan fingerprint density at radius 2 is 2.41 bits per heavy atom. The van der Waals surface area contributed by atoms with E-state index in [1.807, 2.05) is 11.4 Å². The van der Waals surface area contributed by atoms with Crippen molar-refractivity contribution in [2.24, 2.45) is 0 Å². The van der Waals surface area contributed by atoms with Crippen LogP contribution in [0.5, 0.6) is 5.75 Å². The van der Waals surface area contributed by atoms with E-state index in [2.05, 4.69) is 13.0 Å². The number of aromatic hydroxyl groups is 1. The molecule has 0 aliphatic rings. The maximum atomic E-state index is 11.2. The molecule has 0 saturated carbocycles. The maximum Gasteiger partial charge on any atom is 0.226 e. The number of rotatable bonds is 4. The molecule has 0 saturated heterocycles. The third-order valence-electron chi connectivity index (χ3n) is 2.29. The summed E-state index contributed by atoms with van der Waals surface area (Å²) in [5.41, 5.74) is -0.393. The largest absolute Gasteiger partial charge is 0.502 e. The molecule has 1 N–H and O–H groups in total. The molecule has 3 nitrogen and oxygen atoms in total. The molecule has 0 aliphatic carbocycles. The zero-order valence-electron chi connectivity index (χ0n) is 9.25. The van der Waals surface area contributed by atoms with Gasteiger partial charge in [-0.2, -0.15) is 0 Å². The second kappa shape index (κ2) is 5.42. The highest BCUT2D eigenvalue weighted by atomic mass is 32.2. The average molecular weight is 268 g/mol. The van der Waals surface area contributed by atoms with E-state index < -0.39 is 5.43 Å². The monoisotopic (exact) mass is 268 g/mol. The Bertz CT molecular complexity index is 531. The summed E-state index contributed by atoms with van der Waals surface area (Å²) in [6, 6.07) is 5.45. The summed E-state index contributed by atoms with van der Waals surface area (Å²) in [5.74, 6) is 0.862. The second-order valence-electron chi connectivity index (χ2n) is 3.56. The van der Waals surface area contributed by atoms with Crippen LogP contribution < -0.4 is 5.43 Å². The molecule has 2 heterocycles. The predicted molar refractivity (Wildman–Crippen MR) is 70.7 cm³/mol. The van der Waals surface area contributed by atoms with E-state index in [9.17, 15) is 4.79 Å². The van der Waals surface area contributed by atoms with Crippen LogP contribution in [-0.4, -0.2) is 5.11 Å². The molecule has 1 atom stereocenters. The van der Waals surface area contributed by atoms with E-state index in [1.165, 1.54) is 10.9 Å². The third kappa shape index (κ3) is 3.14. The van der Waals surface area contributed by atoms with Crippen LogP contribution >= 0.6 is 23.1 Å². The fourth-order valence-corrected chi connectivity index (χ4v) is 3.17. The van der Waals surface area contributed by atoms with E-state index in [0.717, 1.165) is 6.26 Å². The summed E-state index contributed by atoms with van der Waals surface area (Å²) >= 11 is 3.42. The number of thioether (sulfide) groups is 1. The minimum absolute atomic E-state index is 0.343. The molecular formula is C12H12O3S2. The smallest absolute Gasteiger partial charge is 0.226 e. The number of thiophene rings is 1. The molecule has 0 radical (unpaired) electrons. The van der Waals surface area contributed by atoms with Gasteiger partial charge in [-0.15, -0.1) is 23.1 Å². The van der Waals surface area contributed by atoms with Crippen LogP contribution in [0.3, 0.4) is 0 Å². The van der Waals surface area contributed by atoms with Gasteiger partial charge in [-0.05, 0) is 18.4 Å². The standard InChI is InChI=1S/C12H12O3S2/c1-8(12-3-2-4-16-12)17-7-9-5-10(13)11(14)6-15-9/h2-6,8,14H,7H2,1H3. The molecule has 0 aliphatic heterocycles. The van der Waals surface area contributed by atoms with E-state index in [1.54, 1.807) is 23.1 Å². The first-order valence-electron chi connectivity index (χ1n) is 5.12. The lowest BCUT2D eigenvalue weighted by Crippen LogP contribution is -1.99. The van der Waals surface area contributed by atoms with Crippen LogP contribution in [0.2, 0.25) is 0 Å². The minimum atomic E-state index is -0.393. The van der Waals surface area contributed by atoms with Crippen molar-refractivity contribution >= 4 is 23.1 Å². The Balaban J connectivity index is 1.98. The molecule has 0 fully saturated rings. The molecule has 2 aromatic rings. The van der Waals surface area contributed by atoms with Crippen molar-refractivity contribution in [1.29, 1.82) is 0 Å². The van der Waals surface area contributed by atoms with Gasteiger partial charge in [-0.25, -0.2) is 0 Å². The fourth-order valence-electron chi connectivity index (χ4n) is 1.33. The van der Waals surface area contributed by atoms with Gasteiger partial charge in [0, 0.05) is 16.2 Å².